The number of aromatic nitrogens is 3. The molecule has 0 atom stereocenters. The molecule has 3 rings (SSSR count). The van der Waals surface area contributed by atoms with Gasteiger partial charge in [0, 0.05) is 10.0 Å². The van der Waals surface area contributed by atoms with E-state index in [9.17, 15) is 26.3 Å². The van der Waals surface area contributed by atoms with E-state index in [2.05, 4.69) is 26.0 Å². The fourth-order valence-electron chi connectivity index (χ4n) is 2.18. The summed E-state index contributed by atoms with van der Waals surface area (Å²) in [4.78, 5) is 3.72. The lowest BCUT2D eigenvalue weighted by Gasteiger charge is -2.13. The Morgan fingerprint density at radius 3 is 2.12 bits per heavy atom. The molecule has 0 spiro atoms. The van der Waals surface area contributed by atoms with Gasteiger partial charge < -0.3 is 0 Å². The largest absolute Gasteiger partial charge is 0.416 e. The number of benzene rings is 1. The minimum absolute atomic E-state index is 0.00607. The number of fused-ring (bicyclic) bond motifs is 1. The molecule has 0 fully saturated rings. The van der Waals surface area contributed by atoms with Gasteiger partial charge in [0.15, 0.2) is 5.65 Å². The third-order valence-electron chi connectivity index (χ3n) is 3.28. The number of alkyl halides is 6. The van der Waals surface area contributed by atoms with Crippen LogP contribution in [0.5, 0.6) is 0 Å². The molecular formula is C14H6BrF6N3. The van der Waals surface area contributed by atoms with E-state index in [4.69, 9.17) is 0 Å². The number of pyridine rings is 1. The lowest BCUT2D eigenvalue weighted by Crippen LogP contribution is -2.08. The molecule has 2 heterocycles. The van der Waals surface area contributed by atoms with Crippen molar-refractivity contribution in [3.63, 3.8) is 0 Å². The van der Waals surface area contributed by atoms with E-state index in [-0.39, 0.29) is 21.4 Å². The van der Waals surface area contributed by atoms with Crippen LogP contribution in [-0.4, -0.2) is 14.6 Å². The summed E-state index contributed by atoms with van der Waals surface area (Å²) in [6.45, 7) is 0. The molecule has 0 unspecified atom stereocenters. The van der Waals surface area contributed by atoms with E-state index in [1.54, 1.807) is 0 Å². The first kappa shape index (κ1) is 16.7. The first-order valence-electron chi connectivity index (χ1n) is 6.35. The van der Waals surface area contributed by atoms with Gasteiger partial charge in [-0.3, -0.25) is 0 Å². The molecule has 3 aromatic rings. The maximum Gasteiger partial charge on any atom is 0.416 e. The van der Waals surface area contributed by atoms with E-state index in [1.165, 1.54) is 0 Å². The predicted molar refractivity (Wildman–Crippen MR) is 76.1 cm³/mol. The van der Waals surface area contributed by atoms with Crippen molar-refractivity contribution < 1.29 is 26.3 Å². The SMILES string of the molecule is FC(F)(F)c1ccc(-c2cc(C(F)(F)F)cc3ncnn23)c(Br)c1. The average Bonchev–Trinajstić information content (AvgIpc) is 2.92. The predicted octanol–water partition coefficient (Wildman–Crippen LogP) is 5.20. The van der Waals surface area contributed by atoms with Gasteiger partial charge in [0.05, 0.1) is 16.8 Å². The van der Waals surface area contributed by atoms with Gasteiger partial charge in [0.2, 0.25) is 0 Å². The fourth-order valence-corrected chi connectivity index (χ4v) is 2.76. The van der Waals surface area contributed by atoms with Crippen LogP contribution in [-0.2, 0) is 12.4 Å². The van der Waals surface area contributed by atoms with E-state index < -0.39 is 23.5 Å². The smallest absolute Gasteiger partial charge is 0.215 e. The highest BCUT2D eigenvalue weighted by Gasteiger charge is 2.33. The third kappa shape index (κ3) is 2.97. The molecule has 126 valence electrons. The lowest BCUT2D eigenvalue weighted by atomic mass is 10.1. The van der Waals surface area contributed by atoms with Crippen LogP contribution < -0.4 is 0 Å². The molecule has 0 aliphatic rings. The Morgan fingerprint density at radius 2 is 1.54 bits per heavy atom. The molecule has 0 aliphatic heterocycles. The zero-order valence-corrected chi connectivity index (χ0v) is 13.0. The molecule has 3 nitrogen and oxygen atoms in total. The number of hydrogen-bond acceptors (Lipinski definition) is 2. The van der Waals surface area contributed by atoms with Crippen molar-refractivity contribution in [2.24, 2.45) is 0 Å². The molecule has 2 aromatic heterocycles. The molecule has 0 bridgehead atoms. The van der Waals surface area contributed by atoms with Crippen molar-refractivity contribution in [3.8, 4) is 11.3 Å². The maximum atomic E-state index is 13.0. The first-order chi connectivity index (χ1) is 11.1. The van der Waals surface area contributed by atoms with Gasteiger partial charge in [0.25, 0.3) is 0 Å². The summed E-state index contributed by atoms with van der Waals surface area (Å²) in [7, 11) is 0. The summed E-state index contributed by atoms with van der Waals surface area (Å²) in [5.41, 5.74) is -1.85. The van der Waals surface area contributed by atoms with Crippen LogP contribution in [0, 0.1) is 0 Å². The maximum absolute atomic E-state index is 13.0. The Kier molecular flexibility index (Phi) is 3.82. The molecule has 0 amide bonds. The minimum atomic E-state index is -4.62. The molecule has 0 radical (unpaired) electrons. The van der Waals surface area contributed by atoms with Gasteiger partial charge in [-0.2, -0.15) is 31.4 Å². The van der Waals surface area contributed by atoms with Gasteiger partial charge in [-0.1, -0.05) is 22.0 Å². The quantitative estimate of drug-likeness (QED) is 0.517. The Hall–Kier alpha value is -2.10. The minimum Gasteiger partial charge on any atom is -0.215 e. The van der Waals surface area contributed by atoms with Gasteiger partial charge in [0.1, 0.15) is 6.33 Å². The van der Waals surface area contributed by atoms with Crippen LogP contribution in [0.15, 0.2) is 41.1 Å². The number of halogens is 7. The van der Waals surface area contributed by atoms with E-state index in [0.717, 1.165) is 41.2 Å². The Bertz CT molecular complexity index is 913. The van der Waals surface area contributed by atoms with Crippen LogP contribution in [0.4, 0.5) is 26.3 Å². The highest BCUT2D eigenvalue weighted by atomic mass is 79.9. The zero-order valence-electron chi connectivity index (χ0n) is 11.5. The second kappa shape index (κ2) is 5.47. The lowest BCUT2D eigenvalue weighted by molar-refractivity contribution is -0.138. The van der Waals surface area contributed by atoms with E-state index in [1.807, 2.05) is 0 Å². The molecule has 24 heavy (non-hydrogen) atoms. The Labute approximate surface area is 139 Å². The molecule has 10 heteroatoms. The number of rotatable bonds is 1. The Morgan fingerprint density at radius 1 is 0.875 bits per heavy atom. The second-order valence-corrected chi connectivity index (χ2v) is 5.70. The van der Waals surface area contributed by atoms with Crippen molar-refractivity contribution in [3.05, 3.63) is 52.3 Å². The molecular weight excluding hydrogens is 404 g/mol. The highest BCUT2D eigenvalue weighted by Crippen LogP contribution is 2.38. The van der Waals surface area contributed by atoms with Crippen LogP contribution >= 0.6 is 15.9 Å². The van der Waals surface area contributed by atoms with Crippen LogP contribution in [0.2, 0.25) is 0 Å². The van der Waals surface area contributed by atoms with Gasteiger partial charge in [-0.25, -0.2) is 9.50 Å². The van der Waals surface area contributed by atoms with E-state index >= 15 is 0 Å². The van der Waals surface area contributed by atoms with Crippen molar-refractivity contribution in [1.82, 2.24) is 14.6 Å². The van der Waals surface area contributed by atoms with Gasteiger partial charge >= 0.3 is 12.4 Å². The number of hydrogen-bond donors (Lipinski definition) is 0. The summed E-state index contributed by atoms with van der Waals surface area (Å²) in [5.74, 6) is 0. The first-order valence-corrected chi connectivity index (χ1v) is 7.15. The average molecular weight is 410 g/mol. The van der Waals surface area contributed by atoms with Crippen molar-refractivity contribution in [1.29, 1.82) is 0 Å². The van der Waals surface area contributed by atoms with Crippen molar-refractivity contribution >= 4 is 21.6 Å². The fraction of sp³-hybridized carbons (Fsp3) is 0.143. The third-order valence-corrected chi connectivity index (χ3v) is 3.93. The second-order valence-electron chi connectivity index (χ2n) is 4.85. The topological polar surface area (TPSA) is 30.2 Å². The standard InChI is InChI=1S/C14H6BrF6N3/c15-10-3-7(13(16,17)18)1-2-9(10)11-4-8(14(19,20)21)5-12-22-6-23-24(11)12/h1-6H. The van der Waals surface area contributed by atoms with Crippen LogP contribution in [0.25, 0.3) is 16.9 Å². The molecule has 0 saturated heterocycles. The van der Waals surface area contributed by atoms with Crippen LogP contribution in [0.1, 0.15) is 11.1 Å². The number of nitrogens with zero attached hydrogens (tertiary/aromatic N) is 3. The molecule has 1 aromatic carbocycles. The summed E-state index contributed by atoms with van der Waals surface area (Å²) < 4.78 is 78.4. The Balaban J connectivity index is 2.24. The summed E-state index contributed by atoms with van der Waals surface area (Å²) in [5, 5.41) is 3.83. The summed E-state index contributed by atoms with van der Waals surface area (Å²) in [6.07, 6.45) is -8.12. The summed E-state index contributed by atoms with van der Waals surface area (Å²) in [6, 6.07) is 4.31. The van der Waals surface area contributed by atoms with Crippen molar-refractivity contribution in [2.45, 2.75) is 12.4 Å². The molecule has 0 N–H and O–H groups in total. The highest BCUT2D eigenvalue weighted by molar-refractivity contribution is 9.10. The van der Waals surface area contributed by atoms with E-state index in [0.29, 0.717) is 0 Å². The zero-order chi connectivity index (χ0) is 17.7. The normalized spacial score (nSPS) is 12.8. The molecule has 0 saturated carbocycles. The van der Waals surface area contributed by atoms with Gasteiger partial charge in [-0.05, 0) is 24.3 Å². The molecule has 0 aliphatic carbocycles. The summed E-state index contributed by atoms with van der Waals surface area (Å²) >= 11 is 2.98. The monoisotopic (exact) mass is 409 g/mol. The van der Waals surface area contributed by atoms with Crippen LogP contribution in [0.3, 0.4) is 0 Å². The van der Waals surface area contributed by atoms with Gasteiger partial charge in [-0.15, -0.1) is 0 Å². The van der Waals surface area contributed by atoms with Crippen molar-refractivity contribution in [2.75, 3.05) is 0 Å².